The van der Waals surface area contributed by atoms with Crippen molar-refractivity contribution in [1.29, 1.82) is 0 Å². The van der Waals surface area contributed by atoms with Gasteiger partial charge in [-0.3, -0.25) is 9.89 Å². The van der Waals surface area contributed by atoms with E-state index in [0.29, 0.717) is 47.2 Å². The van der Waals surface area contributed by atoms with Gasteiger partial charge in [-0.25, -0.2) is 0 Å². The molecular formula is C25H29N3O5. The summed E-state index contributed by atoms with van der Waals surface area (Å²) in [7, 11) is 0. The second kappa shape index (κ2) is 9.95. The van der Waals surface area contributed by atoms with Crippen LogP contribution in [0.25, 0.3) is 11.3 Å². The van der Waals surface area contributed by atoms with E-state index >= 15 is 0 Å². The Bertz CT molecular complexity index is 1130. The summed E-state index contributed by atoms with van der Waals surface area (Å²) in [6.45, 7) is 5.06. The molecule has 0 bridgehead atoms. The van der Waals surface area contributed by atoms with Crippen molar-refractivity contribution in [1.82, 2.24) is 15.1 Å². The molecule has 0 radical (unpaired) electrons. The van der Waals surface area contributed by atoms with Crippen molar-refractivity contribution < 1.29 is 24.5 Å². The number of nitrogens with zero attached hydrogens (tertiary/aromatic N) is 2. The third kappa shape index (κ3) is 4.26. The lowest BCUT2D eigenvalue weighted by molar-refractivity contribution is 0.0706. The van der Waals surface area contributed by atoms with Crippen molar-refractivity contribution in [2.24, 2.45) is 0 Å². The minimum Gasteiger partial charge on any atom is -0.507 e. The summed E-state index contributed by atoms with van der Waals surface area (Å²) in [6, 6.07) is 12.0. The number of carbonyl (C=O) groups is 1. The van der Waals surface area contributed by atoms with Crippen LogP contribution in [0, 0.1) is 0 Å². The topological polar surface area (TPSA) is 108 Å². The van der Waals surface area contributed by atoms with Crippen LogP contribution >= 0.6 is 0 Å². The molecule has 3 N–H and O–H groups in total. The minimum atomic E-state index is -0.503. The number of amides is 1. The van der Waals surface area contributed by atoms with E-state index in [1.54, 1.807) is 23.1 Å². The highest BCUT2D eigenvalue weighted by molar-refractivity contribution is 6.00. The molecule has 2 heterocycles. The maximum atomic E-state index is 13.2. The highest BCUT2D eigenvalue weighted by Gasteiger charge is 2.42. The molecule has 0 saturated heterocycles. The molecule has 174 valence electrons. The van der Waals surface area contributed by atoms with Crippen LogP contribution in [0.5, 0.6) is 17.2 Å². The van der Waals surface area contributed by atoms with Crippen LogP contribution < -0.4 is 9.47 Å². The second-order valence-electron chi connectivity index (χ2n) is 7.84. The van der Waals surface area contributed by atoms with Gasteiger partial charge in [0, 0.05) is 17.7 Å². The van der Waals surface area contributed by atoms with Crippen LogP contribution in [-0.2, 0) is 0 Å². The monoisotopic (exact) mass is 451 g/mol. The van der Waals surface area contributed by atoms with Gasteiger partial charge in [0.2, 0.25) is 0 Å². The summed E-state index contributed by atoms with van der Waals surface area (Å²) < 4.78 is 11.8. The van der Waals surface area contributed by atoms with Gasteiger partial charge in [-0.15, -0.1) is 0 Å². The summed E-state index contributed by atoms with van der Waals surface area (Å²) in [5.41, 5.74) is 2.86. The zero-order valence-electron chi connectivity index (χ0n) is 18.9. The molecule has 0 fully saturated rings. The number of phenolic OH excluding ortho intramolecular Hbond substituents is 1. The summed E-state index contributed by atoms with van der Waals surface area (Å²) in [4.78, 5) is 14.8. The van der Waals surface area contributed by atoms with Crippen molar-refractivity contribution >= 4 is 5.91 Å². The minimum absolute atomic E-state index is 0.0771. The van der Waals surface area contributed by atoms with E-state index in [4.69, 9.17) is 9.47 Å². The number of aromatic nitrogens is 2. The number of ether oxygens (including phenoxy) is 2. The second-order valence-corrected chi connectivity index (χ2v) is 7.84. The number of H-pyrrole nitrogens is 1. The molecule has 1 aromatic heterocycles. The Labute approximate surface area is 192 Å². The number of aromatic amines is 1. The Balaban J connectivity index is 1.81. The number of hydrogen-bond acceptors (Lipinski definition) is 6. The molecule has 0 spiro atoms. The van der Waals surface area contributed by atoms with Gasteiger partial charge in [0.15, 0.2) is 11.5 Å². The van der Waals surface area contributed by atoms with Gasteiger partial charge in [-0.1, -0.05) is 31.5 Å². The number of aromatic hydroxyl groups is 1. The lowest BCUT2D eigenvalue weighted by Gasteiger charge is -2.26. The number of β-amino-alcohol motifs (C(OH)–C–C–N with tert-alkyl or cyclic N) is 1. The van der Waals surface area contributed by atoms with Crippen molar-refractivity contribution in [3.05, 3.63) is 59.3 Å². The standard InChI is InChI=1S/C25H29N3O5/c1-3-5-14-33-19-11-10-16(15-20(19)32-4-2)24-21-22(17-8-6-7-9-18(17)30)26-27-23(21)25(31)28(24)12-13-29/h6-11,15,24,29-30H,3-5,12-14H2,1-2H3,(H,26,27). The van der Waals surface area contributed by atoms with Gasteiger partial charge in [0.1, 0.15) is 17.1 Å². The van der Waals surface area contributed by atoms with E-state index in [-0.39, 0.29) is 24.8 Å². The Kier molecular flexibility index (Phi) is 6.84. The lowest BCUT2D eigenvalue weighted by atomic mass is 9.95. The van der Waals surface area contributed by atoms with Gasteiger partial charge < -0.3 is 24.6 Å². The first-order chi connectivity index (χ1) is 16.1. The Hall–Kier alpha value is -3.52. The van der Waals surface area contributed by atoms with E-state index < -0.39 is 6.04 Å². The molecule has 8 nitrogen and oxygen atoms in total. The molecule has 8 heteroatoms. The van der Waals surface area contributed by atoms with Crippen LogP contribution in [0.3, 0.4) is 0 Å². The average molecular weight is 452 g/mol. The molecule has 0 aliphatic carbocycles. The number of unbranched alkanes of at least 4 members (excludes halogenated alkanes) is 1. The van der Waals surface area contributed by atoms with E-state index in [2.05, 4.69) is 17.1 Å². The first-order valence-corrected chi connectivity index (χ1v) is 11.3. The quantitative estimate of drug-likeness (QED) is 0.404. The number of phenols is 1. The Morgan fingerprint density at radius 3 is 2.67 bits per heavy atom. The molecule has 4 rings (SSSR count). The van der Waals surface area contributed by atoms with Crippen molar-refractivity contribution in [2.45, 2.75) is 32.7 Å². The molecule has 0 saturated carbocycles. The van der Waals surface area contributed by atoms with E-state index in [1.165, 1.54) is 0 Å². The van der Waals surface area contributed by atoms with Crippen LogP contribution in [0.15, 0.2) is 42.5 Å². The zero-order chi connectivity index (χ0) is 23.4. The summed E-state index contributed by atoms with van der Waals surface area (Å²) in [5, 5.41) is 27.3. The molecule has 33 heavy (non-hydrogen) atoms. The highest BCUT2D eigenvalue weighted by atomic mass is 16.5. The molecule has 1 aliphatic rings. The zero-order valence-corrected chi connectivity index (χ0v) is 18.9. The number of benzene rings is 2. The fourth-order valence-electron chi connectivity index (χ4n) is 4.17. The van der Waals surface area contributed by atoms with E-state index in [1.807, 2.05) is 31.2 Å². The third-order valence-electron chi connectivity index (χ3n) is 5.70. The predicted octanol–water partition coefficient (Wildman–Crippen LogP) is 3.90. The van der Waals surface area contributed by atoms with E-state index in [0.717, 1.165) is 18.4 Å². The normalized spacial score (nSPS) is 15.1. The maximum Gasteiger partial charge on any atom is 0.273 e. The van der Waals surface area contributed by atoms with Gasteiger partial charge in [-0.2, -0.15) is 5.10 Å². The Morgan fingerprint density at radius 1 is 1.12 bits per heavy atom. The smallest absolute Gasteiger partial charge is 0.273 e. The summed E-state index contributed by atoms with van der Waals surface area (Å²) in [5.74, 6) is 1.08. The lowest BCUT2D eigenvalue weighted by Crippen LogP contribution is -2.32. The fourth-order valence-corrected chi connectivity index (χ4v) is 4.17. The maximum absolute atomic E-state index is 13.2. The fraction of sp³-hybridized carbons (Fsp3) is 0.360. The molecule has 1 aliphatic heterocycles. The van der Waals surface area contributed by atoms with Crippen LogP contribution in [0.4, 0.5) is 0 Å². The number of fused-ring (bicyclic) bond motifs is 1. The molecule has 3 aromatic rings. The highest BCUT2D eigenvalue weighted by Crippen LogP contribution is 2.45. The van der Waals surface area contributed by atoms with Gasteiger partial charge >= 0.3 is 0 Å². The number of para-hydroxylation sites is 1. The number of aliphatic hydroxyl groups is 1. The van der Waals surface area contributed by atoms with Crippen LogP contribution in [0.1, 0.15) is 54.3 Å². The molecule has 1 amide bonds. The number of rotatable bonds is 10. The number of nitrogens with one attached hydrogen (secondary N) is 1. The molecule has 1 atom stereocenters. The van der Waals surface area contributed by atoms with Crippen LogP contribution in [0.2, 0.25) is 0 Å². The van der Waals surface area contributed by atoms with Crippen molar-refractivity contribution in [3.63, 3.8) is 0 Å². The SMILES string of the molecule is CCCCOc1ccc(C2c3c(-c4ccccc4O)n[nH]c3C(=O)N2CCO)cc1OCC. The largest absolute Gasteiger partial charge is 0.507 e. The predicted molar refractivity (Wildman–Crippen MR) is 124 cm³/mol. The van der Waals surface area contributed by atoms with E-state index in [9.17, 15) is 15.0 Å². The third-order valence-corrected chi connectivity index (χ3v) is 5.70. The number of carbonyl (C=O) groups excluding carboxylic acids is 1. The Morgan fingerprint density at radius 2 is 1.94 bits per heavy atom. The summed E-state index contributed by atoms with van der Waals surface area (Å²) >= 11 is 0. The first-order valence-electron chi connectivity index (χ1n) is 11.3. The van der Waals surface area contributed by atoms with Gasteiger partial charge in [0.05, 0.1) is 25.9 Å². The number of hydrogen-bond donors (Lipinski definition) is 3. The van der Waals surface area contributed by atoms with Gasteiger partial charge in [-0.05, 0) is 43.2 Å². The van der Waals surface area contributed by atoms with Crippen molar-refractivity contribution in [3.8, 4) is 28.5 Å². The molecular weight excluding hydrogens is 422 g/mol. The van der Waals surface area contributed by atoms with Crippen LogP contribution in [-0.4, -0.2) is 57.6 Å². The number of aliphatic hydroxyl groups excluding tert-OH is 1. The van der Waals surface area contributed by atoms with Crippen molar-refractivity contribution in [2.75, 3.05) is 26.4 Å². The van der Waals surface area contributed by atoms with Gasteiger partial charge in [0.25, 0.3) is 5.91 Å². The average Bonchev–Trinajstić information content (AvgIpc) is 3.35. The molecule has 2 aromatic carbocycles. The molecule has 1 unspecified atom stereocenters. The first kappa shape index (κ1) is 22.7. The summed E-state index contributed by atoms with van der Waals surface area (Å²) in [6.07, 6.45) is 1.97.